The number of aliphatic hydroxyl groups is 1. The van der Waals surface area contributed by atoms with E-state index in [0.717, 1.165) is 26.2 Å². The summed E-state index contributed by atoms with van der Waals surface area (Å²) in [5.41, 5.74) is 1.35. The summed E-state index contributed by atoms with van der Waals surface area (Å²) in [5, 5.41) is 9.28. The first-order chi connectivity index (χ1) is 7.79. The maximum absolute atomic E-state index is 9.28. The molecular formula is C13H20N2O. The lowest BCUT2D eigenvalue weighted by atomic mass is 10.1. The van der Waals surface area contributed by atoms with Crippen LogP contribution < -0.4 is 0 Å². The van der Waals surface area contributed by atoms with Crippen LogP contribution in [0.1, 0.15) is 5.56 Å². The van der Waals surface area contributed by atoms with E-state index in [-0.39, 0.29) is 12.6 Å². The summed E-state index contributed by atoms with van der Waals surface area (Å²) in [6.07, 6.45) is 0. The molecule has 0 radical (unpaired) electrons. The lowest BCUT2D eigenvalue weighted by Crippen LogP contribution is -2.52. The summed E-state index contributed by atoms with van der Waals surface area (Å²) in [6, 6.07) is 10.8. The third kappa shape index (κ3) is 2.82. The highest BCUT2D eigenvalue weighted by Gasteiger charge is 2.23. The van der Waals surface area contributed by atoms with Crippen LogP contribution in [-0.4, -0.2) is 54.2 Å². The van der Waals surface area contributed by atoms with Gasteiger partial charge in [-0.2, -0.15) is 0 Å². The van der Waals surface area contributed by atoms with E-state index >= 15 is 0 Å². The molecule has 88 valence electrons. The molecule has 1 fully saturated rings. The van der Waals surface area contributed by atoms with E-state index in [1.807, 2.05) is 6.07 Å². The molecule has 1 N–H and O–H groups in total. The number of hydrogen-bond donors (Lipinski definition) is 1. The standard InChI is InChI=1S/C13H20N2O/c1-14-7-8-15(10-13(14)11-16)9-12-5-3-2-4-6-12/h2-6,13,16H,7-11H2,1H3/t13-/m1/s1. The fourth-order valence-electron chi connectivity index (χ4n) is 2.19. The van der Waals surface area contributed by atoms with Gasteiger partial charge in [-0.1, -0.05) is 30.3 Å². The van der Waals surface area contributed by atoms with Crippen molar-refractivity contribution < 1.29 is 5.11 Å². The van der Waals surface area contributed by atoms with Crippen LogP contribution in [0.15, 0.2) is 30.3 Å². The summed E-state index contributed by atoms with van der Waals surface area (Å²) in [4.78, 5) is 4.65. The first-order valence-corrected chi connectivity index (χ1v) is 5.87. The summed E-state index contributed by atoms with van der Waals surface area (Å²) in [7, 11) is 2.08. The van der Waals surface area contributed by atoms with Gasteiger partial charge in [0.2, 0.25) is 0 Å². The Morgan fingerprint density at radius 1 is 1.25 bits per heavy atom. The first kappa shape index (κ1) is 11.6. The van der Waals surface area contributed by atoms with Gasteiger partial charge in [0.1, 0.15) is 0 Å². The van der Waals surface area contributed by atoms with Crippen molar-refractivity contribution in [1.82, 2.24) is 9.80 Å². The van der Waals surface area contributed by atoms with Crippen LogP contribution in [-0.2, 0) is 6.54 Å². The fourth-order valence-corrected chi connectivity index (χ4v) is 2.19. The number of likely N-dealkylation sites (N-methyl/N-ethyl adjacent to an activating group) is 1. The smallest absolute Gasteiger partial charge is 0.0599 e. The molecular weight excluding hydrogens is 200 g/mol. The van der Waals surface area contributed by atoms with E-state index in [1.165, 1.54) is 5.56 Å². The van der Waals surface area contributed by atoms with E-state index in [0.29, 0.717) is 0 Å². The van der Waals surface area contributed by atoms with Crippen molar-refractivity contribution in [3.05, 3.63) is 35.9 Å². The molecule has 0 spiro atoms. The third-order valence-electron chi connectivity index (χ3n) is 3.32. The Morgan fingerprint density at radius 2 is 2.00 bits per heavy atom. The van der Waals surface area contributed by atoms with Gasteiger partial charge in [0.15, 0.2) is 0 Å². The molecule has 1 aromatic rings. The zero-order valence-corrected chi connectivity index (χ0v) is 9.84. The van der Waals surface area contributed by atoms with Crippen LogP contribution in [0.4, 0.5) is 0 Å². The van der Waals surface area contributed by atoms with Crippen LogP contribution in [0.3, 0.4) is 0 Å². The normalized spacial score (nSPS) is 23.5. The van der Waals surface area contributed by atoms with Crippen LogP contribution in [0.5, 0.6) is 0 Å². The van der Waals surface area contributed by atoms with Gasteiger partial charge < -0.3 is 5.11 Å². The van der Waals surface area contributed by atoms with Crippen LogP contribution in [0.2, 0.25) is 0 Å². The van der Waals surface area contributed by atoms with Crippen molar-refractivity contribution in [2.45, 2.75) is 12.6 Å². The molecule has 1 atom stereocenters. The molecule has 1 aliphatic heterocycles. The molecule has 1 saturated heterocycles. The average Bonchev–Trinajstić information content (AvgIpc) is 2.33. The van der Waals surface area contributed by atoms with Gasteiger partial charge in [0.25, 0.3) is 0 Å². The van der Waals surface area contributed by atoms with Crippen molar-refractivity contribution in [2.24, 2.45) is 0 Å². The van der Waals surface area contributed by atoms with Gasteiger partial charge in [0, 0.05) is 32.2 Å². The topological polar surface area (TPSA) is 26.7 Å². The largest absolute Gasteiger partial charge is 0.395 e. The van der Waals surface area contributed by atoms with Gasteiger partial charge in [-0.25, -0.2) is 0 Å². The minimum atomic E-state index is 0.252. The second kappa shape index (κ2) is 5.43. The van der Waals surface area contributed by atoms with Crippen molar-refractivity contribution in [2.75, 3.05) is 33.3 Å². The summed E-state index contributed by atoms with van der Waals surface area (Å²) < 4.78 is 0. The number of hydrogen-bond acceptors (Lipinski definition) is 3. The molecule has 0 amide bonds. The van der Waals surface area contributed by atoms with Crippen molar-refractivity contribution in [1.29, 1.82) is 0 Å². The van der Waals surface area contributed by atoms with E-state index < -0.39 is 0 Å². The fraction of sp³-hybridized carbons (Fsp3) is 0.538. The molecule has 3 heteroatoms. The van der Waals surface area contributed by atoms with E-state index in [2.05, 4.69) is 41.1 Å². The lowest BCUT2D eigenvalue weighted by Gasteiger charge is -2.38. The summed E-state index contributed by atoms with van der Waals surface area (Å²) in [5.74, 6) is 0. The van der Waals surface area contributed by atoms with E-state index in [1.54, 1.807) is 0 Å². The monoisotopic (exact) mass is 220 g/mol. The zero-order chi connectivity index (χ0) is 11.4. The number of nitrogens with zero attached hydrogens (tertiary/aromatic N) is 2. The molecule has 1 heterocycles. The van der Waals surface area contributed by atoms with Crippen LogP contribution in [0.25, 0.3) is 0 Å². The minimum absolute atomic E-state index is 0.252. The highest BCUT2D eigenvalue weighted by atomic mass is 16.3. The summed E-state index contributed by atoms with van der Waals surface area (Å²) >= 11 is 0. The Hall–Kier alpha value is -0.900. The average molecular weight is 220 g/mol. The molecule has 0 aromatic heterocycles. The van der Waals surface area contributed by atoms with Gasteiger partial charge in [-0.05, 0) is 12.6 Å². The van der Waals surface area contributed by atoms with E-state index in [4.69, 9.17) is 0 Å². The number of aliphatic hydroxyl groups excluding tert-OH is 1. The van der Waals surface area contributed by atoms with Crippen molar-refractivity contribution in [3.63, 3.8) is 0 Å². The molecule has 3 nitrogen and oxygen atoms in total. The first-order valence-electron chi connectivity index (χ1n) is 5.87. The molecule has 1 aromatic carbocycles. The third-order valence-corrected chi connectivity index (χ3v) is 3.32. The van der Waals surface area contributed by atoms with Crippen LogP contribution >= 0.6 is 0 Å². The van der Waals surface area contributed by atoms with E-state index in [9.17, 15) is 5.11 Å². The maximum Gasteiger partial charge on any atom is 0.0599 e. The summed E-state index contributed by atoms with van der Waals surface area (Å²) in [6.45, 7) is 4.33. The SMILES string of the molecule is CN1CCN(Cc2ccccc2)C[C@@H]1CO. The molecule has 1 aliphatic rings. The Kier molecular flexibility index (Phi) is 3.93. The molecule has 2 rings (SSSR count). The number of piperazine rings is 1. The Bertz CT molecular complexity index is 315. The number of rotatable bonds is 3. The molecule has 0 aliphatic carbocycles. The second-order valence-corrected chi connectivity index (χ2v) is 4.54. The van der Waals surface area contributed by atoms with Gasteiger partial charge in [-0.3, -0.25) is 9.80 Å². The Morgan fingerprint density at radius 3 is 2.69 bits per heavy atom. The molecule has 0 unspecified atom stereocenters. The highest BCUT2D eigenvalue weighted by Crippen LogP contribution is 2.11. The van der Waals surface area contributed by atoms with Gasteiger partial charge in [0.05, 0.1) is 6.61 Å². The highest BCUT2D eigenvalue weighted by molar-refractivity contribution is 5.14. The number of benzene rings is 1. The lowest BCUT2D eigenvalue weighted by molar-refractivity contribution is 0.0540. The molecule has 0 saturated carbocycles. The van der Waals surface area contributed by atoms with Gasteiger partial charge in [-0.15, -0.1) is 0 Å². The van der Waals surface area contributed by atoms with Crippen molar-refractivity contribution in [3.8, 4) is 0 Å². The van der Waals surface area contributed by atoms with Crippen molar-refractivity contribution >= 4 is 0 Å². The van der Waals surface area contributed by atoms with Gasteiger partial charge >= 0.3 is 0 Å². The zero-order valence-electron chi connectivity index (χ0n) is 9.84. The predicted molar refractivity (Wildman–Crippen MR) is 65.2 cm³/mol. The Balaban J connectivity index is 1.92. The second-order valence-electron chi connectivity index (χ2n) is 4.54. The minimum Gasteiger partial charge on any atom is -0.395 e. The predicted octanol–water partition coefficient (Wildman–Crippen LogP) is 0.795. The Labute approximate surface area is 97.3 Å². The quantitative estimate of drug-likeness (QED) is 0.816. The molecule has 16 heavy (non-hydrogen) atoms. The van der Waals surface area contributed by atoms with Crippen LogP contribution in [0, 0.1) is 0 Å². The maximum atomic E-state index is 9.28. The molecule has 0 bridgehead atoms.